The predicted octanol–water partition coefficient (Wildman–Crippen LogP) is 5.63. The number of amides is 2. The first-order valence-corrected chi connectivity index (χ1v) is 14.5. The van der Waals surface area contributed by atoms with Gasteiger partial charge in [0.1, 0.15) is 11.9 Å². The minimum absolute atomic E-state index is 0.0767. The molecule has 4 aromatic carbocycles. The van der Waals surface area contributed by atoms with E-state index in [1.165, 1.54) is 31.3 Å². The highest BCUT2D eigenvalue weighted by atomic mass is 19.1. The van der Waals surface area contributed by atoms with E-state index in [1.54, 1.807) is 30.3 Å². The summed E-state index contributed by atoms with van der Waals surface area (Å²) in [5.74, 6) is -0.131. The van der Waals surface area contributed by atoms with Crippen LogP contribution in [0.15, 0.2) is 97.1 Å². The molecule has 1 fully saturated rings. The highest BCUT2D eigenvalue weighted by molar-refractivity contribution is 5.98. The molecule has 1 heterocycles. The standard InChI is InChI=1S/C35H36FN3O5/c1-42-31-17-10-27(23-32(31)43-2)34(35(41)37-29-13-15-30(16-14-29)38-18-20-44-21-19-38)39(24-26-8-11-28(36)12-9-26)33(40)22-25-6-4-3-5-7-25/h3-17,23,34H,18-22,24H2,1-2H3,(H,37,41). The second kappa shape index (κ2) is 14.5. The van der Waals surface area contributed by atoms with Crippen LogP contribution >= 0.6 is 0 Å². The van der Waals surface area contributed by atoms with E-state index in [9.17, 15) is 14.0 Å². The zero-order chi connectivity index (χ0) is 30.9. The number of carbonyl (C=O) groups excluding carboxylic acids is 2. The van der Waals surface area contributed by atoms with Crippen LogP contribution in [-0.4, -0.2) is 57.2 Å². The van der Waals surface area contributed by atoms with Gasteiger partial charge in [0, 0.05) is 31.0 Å². The van der Waals surface area contributed by atoms with Crippen LogP contribution in [-0.2, 0) is 27.3 Å². The van der Waals surface area contributed by atoms with E-state index in [0.717, 1.165) is 24.3 Å². The Morgan fingerprint density at radius 3 is 2.20 bits per heavy atom. The molecule has 0 saturated carbocycles. The van der Waals surface area contributed by atoms with Crippen LogP contribution < -0.4 is 19.7 Å². The van der Waals surface area contributed by atoms with Gasteiger partial charge in [-0.25, -0.2) is 4.39 Å². The van der Waals surface area contributed by atoms with Crippen molar-refractivity contribution in [1.82, 2.24) is 4.90 Å². The van der Waals surface area contributed by atoms with Gasteiger partial charge in [0.15, 0.2) is 11.5 Å². The number of carbonyl (C=O) groups is 2. The van der Waals surface area contributed by atoms with Gasteiger partial charge in [-0.05, 0) is 65.2 Å². The van der Waals surface area contributed by atoms with E-state index in [2.05, 4.69) is 10.2 Å². The number of nitrogens with one attached hydrogen (secondary N) is 1. The molecule has 0 aliphatic carbocycles. The maximum Gasteiger partial charge on any atom is 0.251 e. The Morgan fingerprint density at radius 2 is 1.55 bits per heavy atom. The van der Waals surface area contributed by atoms with Crippen LogP contribution in [0.25, 0.3) is 0 Å². The van der Waals surface area contributed by atoms with Gasteiger partial charge in [-0.15, -0.1) is 0 Å². The topological polar surface area (TPSA) is 80.3 Å². The first kappa shape index (κ1) is 30.6. The number of benzene rings is 4. The molecule has 1 unspecified atom stereocenters. The lowest BCUT2D eigenvalue weighted by Gasteiger charge is -2.32. The number of morpholine rings is 1. The quantitative estimate of drug-likeness (QED) is 0.242. The molecule has 1 aliphatic heterocycles. The van der Waals surface area contributed by atoms with Crippen LogP contribution in [0.4, 0.5) is 15.8 Å². The highest BCUT2D eigenvalue weighted by Crippen LogP contribution is 2.34. The number of hydrogen-bond acceptors (Lipinski definition) is 6. The summed E-state index contributed by atoms with van der Waals surface area (Å²) in [5.41, 5.74) is 3.66. The molecule has 1 aliphatic rings. The number of hydrogen-bond donors (Lipinski definition) is 1. The van der Waals surface area contributed by atoms with Gasteiger partial charge in [0.2, 0.25) is 5.91 Å². The fourth-order valence-corrected chi connectivity index (χ4v) is 5.27. The van der Waals surface area contributed by atoms with E-state index < -0.39 is 11.9 Å². The van der Waals surface area contributed by atoms with Crippen LogP contribution in [0.5, 0.6) is 11.5 Å². The molecule has 5 rings (SSSR count). The lowest BCUT2D eigenvalue weighted by atomic mass is 10.0. The molecule has 2 amide bonds. The maximum absolute atomic E-state index is 14.2. The highest BCUT2D eigenvalue weighted by Gasteiger charge is 2.32. The maximum atomic E-state index is 14.2. The van der Waals surface area contributed by atoms with Crippen LogP contribution in [0.2, 0.25) is 0 Å². The molecule has 0 radical (unpaired) electrons. The SMILES string of the molecule is COc1ccc(C(C(=O)Nc2ccc(N3CCOCC3)cc2)N(Cc2ccc(F)cc2)C(=O)Cc2ccccc2)cc1OC. The summed E-state index contributed by atoms with van der Waals surface area (Å²) in [5, 5.41) is 3.02. The van der Waals surface area contributed by atoms with Crippen molar-refractivity contribution in [3.05, 3.63) is 120 Å². The summed E-state index contributed by atoms with van der Waals surface area (Å²) in [6, 6.07) is 27.0. The van der Waals surface area contributed by atoms with Gasteiger partial charge in [-0.2, -0.15) is 0 Å². The van der Waals surface area contributed by atoms with Crippen LogP contribution in [0.3, 0.4) is 0 Å². The number of rotatable bonds is 11. The van der Waals surface area contributed by atoms with Crippen molar-refractivity contribution < 1.29 is 28.2 Å². The fourth-order valence-electron chi connectivity index (χ4n) is 5.27. The van der Waals surface area contributed by atoms with Gasteiger partial charge < -0.3 is 29.3 Å². The molecule has 0 aromatic heterocycles. The number of halogens is 1. The van der Waals surface area contributed by atoms with Crippen molar-refractivity contribution in [3.63, 3.8) is 0 Å². The molecule has 0 bridgehead atoms. The molecule has 9 heteroatoms. The second-order valence-corrected chi connectivity index (χ2v) is 10.5. The van der Waals surface area contributed by atoms with Crippen molar-refractivity contribution in [3.8, 4) is 11.5 Å². The summed E-state index contributed by atoms with van der Waals surface area (Å²) in [7, 11) is 3.05. The molecule has 228 valence electrons. The smallest absolute Gasteiger partial charge is 0.251 e. The van der Waals surface area contributed by atoms with Gasteiger partial charge >= 0.3 is 0 Å². The van der Waals surface area contributed by atoms with Gasteiger partial charge in [-0.3, -0.25) is 9.59 Å². The number of ether oxygens (including phenoxy) is 3. The molecule has 4 aromatic rings. The lowest BCUT2D eigenvalue weighted by molar-refractivity contribution is -0.139. The third-order valence-corrected chi connectivity index (χ3v) is 7.58. The van der Waals surface area contributed by atoms with E-state index in [4.69, 9.17) is 14.2 Å². The Hall–Kier alpha value is -4.89. The minimum Gasteiger partial charge on any atom is -0.493 e. The Bertz CT molecular complexity index is 1540. The fraction of sp³-hybridized carbons (Fsp3) is 0.257. The Morgan fingerprint density at radius 1 is 0.864 bits per heavy atom. The first-order chi connectivity index (χ1) is 21.4. The van der Waals surface area contributed by atoms with E-state index >= 15 is 0 Å². The zero-order valence-electron chi connectivity index (χ0n) is 24.9. The van der Waals surface area contributed by atoms with Crippen molar-refractivity contribution in [2.75, 3.05) is 50.7 Å². The monoisotopic (exact) mass is 597 g/mol. The van der Waals surface area contributed by atoms with Crippen LogP contribution in [0, 0.1) is 5.82 Å². The predicted molar refractivity (Wildman–Crippen MR) is 167 cm³/mol. The molecular formula is C35H36FN3O5. The zero-order valence-corrected chi connectivity index (χ0v) is 24.9. The molecular weight excluding hydrogens is 561 g/mol. The Kier molecular flexibility index (Phi) is 10.1. The molecule has 44 heavy (non-hydrogen) atoms. The molecule has 8 nitrogen and oxygen atoms in total. The first-order valence-electron chi connectivity index (χ1n) is 14.5. The average molecular weight is 598 g/mol. The molecule has 0 spiro atoms. The molecule has 1 atom stereocenters. The minimum atomic E-state index is -1.05. The van der Waals surface area contributed by atoms with Crippen LogP contribution in [0.1, 0.15) is 22.7 Å². The van der Waals surface area contributed by atoms with Crippen molar-refractivity contribution in [2.24, 2.45) is 0 Å². The van der Waals surface area contributed by atoms with Crippen molar-refractivity contribution >= 4 is 23.2 Å². The molecule has 1 N–H and O–H groups in total. The normalized spacial score (nSPS) is 13.6. The summed E-state index contributed by atoms with van der Waals surface area (Å²) < 4.78 is 30.2. The van der Waals surface area contributed by atoms with Gasteiger partial charge in [0.05, 0.1) is 33.9 Å². The van der Waals surface area contributed by atoms with Gasteiger partial charge in [0.25, 0.3) is 5.91 Å². The summed E-state index contributed by atoms with van der Waals surface area (Å²) in [6.07, 6.45) is 0.0767. The average Bonchev–Trinajstić information content (AvgIpc) is 3.06. The van der Waals surface area contributed by atoms with Gasteiger partial charge in [-0.1, -0.05) is 48.5 Å². The lowest BCUT2D eigenvalue weighted by Crippen LogP contribution is -2.41. The Balaban J connectivity index is 1.51. The third kappa shape index (κ3) is 7.54. The summed E-state index contributed by atoms with van der Waals surface area (Å²) in [4.78, 5) is 32.0. The number of nitrogens with zero attached hydrogens (tertiary/aromatic N) is 2. The van der Waals surface area contributed by atoms with E-state index in [1.807, 2.05) is 54.6 Å². The van der Waals surface area contributed by atoms with Crippen molar-refractivity contribution in [2.45, 2.75) is 19.0 Å². The second-order valence-electron chi connectivity index (χ2n) is 10.5. The number of anilines is 2. The van der Waals surface area contributed by atoms with E-state index in [0.29, 0.717) is 41.5 Å². The molecule has 1 saturated heterocycles. The largest absolute Gasteiger partial charge is 0.493 e. The Labute approximate surface area is 257 Å². The summed E-state index contributed by atoms with van der Waals surface area (Å²) in [6.45, 7) is 3.02. The van der Waals surface area contributed by atoms with E-state index in [-0.39, 0.29) is 24.7 Å². The third-order valence-electron chi connectivity index (χ3n) is 7.58. The van der Waals surface area contributed by atoms with Crippen molar-refractivity contribution in [1.29, 1.82) is 0 Å². The summed E-state index contributed by atoms with van der Waals surface area (Å²) >= 11 is 0. The number of methoxy groups -OCH3 is 2.